The molecule has 0 aliphatic carbocycles. The summed E-state index contributed by atoms with van der Waals surface area (Å²) in [6.07, 6.45) is 1.96. The summed E-state index contributed by atoms with van der Waals surface area (Å²) >= 11 is 0. The van der Waals surface area contributed by atoms with E-state index in [0.29, 0.717) is 12.6 Å². The lowest BCUT2D eigenvalue weighted by Gasteiger charge is -2.21. The predicted octanol–water partition coefficient (Wildman–Crippen LogP) is 0.735. The zero-order chi connectivity index (χ0) is 15.9. The molecule has 0 saturated heterocycles. The number of hydrogen-bond donors (Lipinski definition) is 2. The normalized spacial score (nSPS) is 12.4. The molecule has 0 aliphatic heterocycles. The summed E-state index contributed by atoms with van der Waals surface area (Å²) in [6, 6.07) is 6.39. The Morgan fingerprint density at radius 2 is 2.14 bits per heavy atom. The lowest BCUT2D eigenvalue weighted by molar-refractivity contribution is 0.278. The van der Waals surface area contributed by atoms with Gasteiger partial charge in [0.15, 0.2) is 17.4 Å². The van der Waals surface area contributed by atoms with Gasteiger partial charge in [-0.3, -0.25) is 9.39 Å². The summed E-state index contributed by atoms with van der Waals surface area (Å²) in [5.41, 5.74) is 0.848. The number of nitrogens with zero attached hydrogens (tertiary/aromatic N) is 5. The van der Waals surface area contributed by atoms with Gasteiger partial charge in [0, 0.05) is 32.4 Å². The predicted molar refractivity (Wildman–Crippen MR) is 89.0 cm³/mol. The van der Waals surface area contributed by atoms with Gasteiger partial charge in [0.2, 0.25) is 0 Å². The minimum Gasteiger partial charge on any atom is -0.355 e. The van der Waals surface area contributed by atoms with Crippen molar-refractivity contribution in [2.75, 3.05) is 27.2 Å². The summed E-state index contributed by atoms with van der Waals surface area (Å²) in [6.45, 7) is 6.75. The third-order valence-corrected chi connectivity index (χ3v) is 3.66. The first-order valence-electron chi connectivity index (χ1n) is 7.55. The highest BCUT2D eigenvalue weighted by Gasteiger charge is 2.06. The van der Waals surface area contributed by atoms with Crippen LogP contribution in [0.1, 0.15) is 19.7 Å². The van der Waals surface area contributed by atoms with E-state index < -0.39 is 0 Å². The van der Waals surface area contributed by atoms with Crippen LogP contribution in [-0.4, -0.2) is 58.7 Å². The molecule has 0 fully saturated rings. The minimum absolute atomic E-state index is 0.541. The van der Waals surface area contributed by atoms with E-state index in [4.69, 9.17) is 0 Å². The van der Waals surface area contributed by atoms with E-state index in [1.54, 1.807) is 7.05 Å². The minimum atomic E-state index is 0.541. The van der Waals surface area contributed by atoms with Gasteiger partial charge in [0.25, 0.3) is 0 Å². The van der Waals surface area contributed by atoms with Crippen LogP contribution in [0.15, 0.2) is 29.4 Å². The average molecular weight is 303 g/mol. The zero-order valence-electron chi connectivity index (χ0n) is 13.7. The van der Waals surface area contributed by atoms with E-state index in [-0.39, 0.29) is 0 Å². The maximum Gasteiger partial charge on any atom is 0.191 e. The lowest BCUT2D eigenvalue weighted by Crippen LogP contribution is -2.42. The van der Waals surface area contributed by atoms with Crippen molar-refractivity contribution in [1.82, 2.24) is 30.1 Å². The Morgan fingerprint density at radius 1 is 1.32 bits per heavy atom. The Balaban J connectivity index is 1.84. The van der Waals surface area contributed by atoms with Crippen molar-refractivity contribution >= 4 is 11.6 Å². The molecule has 0 aliphatic rings. The van der Waals surface area contributed by atoms with E-state index in [1.165, 1.54) is 0 Å². The van der Waals surface area contributed by atoms with Gasteiger partial charge in [-0.2, -0.15) is 0 Å². The first-order chi connectivity index (χ1) is 10.6. The van der Waals surface area contributed by atoms with Crippen LogP contribution in [0, 0.1) is 0 Å². The molecular weight excluding hydrogens is 278 g/mol. The Kier molecular flexibility index (Phi) is 5.71. The fourth-order valence-corrected chi connectivity index (χ4v) is 2.00. The number of hydrogen-bond acceptors (Lipinski definition) is 4. The van der Waals surface area contributed by atoms with Crippen LogP contribution >= 0.6 is 0 Å². The molecule has 0 radical (unpaired) electrons. The van der Waals surface area contributed by atoms with Gasteiger partial charge in [-0.25, -0.2) is 0 Å². The standard InChI is InChI=1S/C15H25N7/c1-12(2)21(4)10-8-17-15(16-3)18-11-14-20-19-13-7-5-6-9-22(13)14/h5-7,9,12H,8,10-11H2,1-4H3,(H2,16,17,18). The smallest absolute Gasteiger partial charge is 0.191 e. The van der Waals surface area contributed by atoms with Gasteiger partial charge in [0.05, 0.1) is 6.54 Å². The van der Waals surface area contributed by atoms with Crippen molar-refractivity contribution in [2.45, 2.75) is 26.4 Å². The molecule has 0 spiro atoms. The number of nitrogens with one attached hydrogen (secondary N) is 2. The van der Waals surface area contributed by atoms with Crippen molar-refractivity contribution in [3.8, 4) is 0 Å². The zero-order valence-corrected chi connectivity index (χ0v) is 13.7. The summed E-state index contributed by atoms with van der Waals surface area (Å²) in [4.78, 5) is 6.51. The van der Waals surface area contributed by atoms with Gasteiger partial charge in [-0.15, -0.1) is 10.2 Å². The van der Waals surface area contributed by atoms with Crippen LogP contribution in [-0.2, 0) is 6.54 Å². The largest absolute Gasteiger partial charge is 0.355 e. The molecule has 120 valence electrons. The highest BCUT2D eigenvalue weighted by molar-refractivity contribution is 5.79. The van der Waals surface area contributed by atoms with Crippen molar-refractivity contribution in [3.05, 3.63) is 30.2 Å². The maximum atomic E-state index is 4.23. The average Bonchev–Trinajstić information content (AvgIpc) is 2.93. The Labute approximate surface area is 131 Å². The van der Waals surface area contributed by atoms with Gasteiger partial charge in [0.1, 0.15) is 0 Å². The van der Waals surface area contributed by atoms with E-state index in [1.807, 2.05) is 28.8 Å². The first kappa shape index (κ1) is 16.2. The molecule has 0 unspecified atom stereocenters. The number of aliphatic imine (C=N–C) groups is 1. The monoisotopic (exact) mass is 303 g/mol. The first-order valence-corrected chi connectivity index (χ1v) is 7.55. The number of fused-ring (bicyclic) bond motifs is 1. The van der Waals surface area contributed by atoms with Gasteiger partial charge in [-0.1, -0.05) is 6.07 Å². The number of guanidine groups is 1. The van der Waals surface area contributed by atoms with Crippen LogP contribution < -0.4 is 10.6 Å². The van der Waals surface area contributed by atoms with Crippen LogP contribution in [0.3, 0.4) is 0 Å². The third kappa shape index (κ3) is 4.17. The lowest BCUT2D eigenvalue weighted by atomic mass is 10.3. The van der Waals surface area contributed by atoms with Gasteiger partial charge < -0.3 is 15.5 Å². The van der Waals surface area contributed by atoms with Gasteiger partial charge in [-0.05, 0) is 33.0 Å². The number of aromatic nitrogens is 3. The van der Waals surface area contributed by atoms with Crippen LogP contribution in [0.2, 0.25) is 0 Å². The van der Waals surface area contributed by atoms with Crippen molar-refractivity contribution in [1.29, 1.82) is 0 Å². The number of likely N-dealkylation sites (N-methyl/N-ethyl adjacent to an activating group) is 1. The Bertz CT molecular complexity index is 617. The number of pyridine rings is 1. The highest BCUT2D eigenvalue weighted by Crippen LogP contribution is 2.02. The van der Waals surface area contributed by atoms with Crippen molar-refractivity contribution in [3.63, 3.8) is 0 Å². The van der Waals surface area contributed by atoms with E-state index >= 15 is 0 Å². The SMILES string of the molecule is CN=C(NCCN(C)C(C)C)NCc1nnc2ccccn12. The molecule has 0 saturated carbocycles. The van der Waals surface area contributed by atoms with Crippen molar-refractivity contribution < 1.29 is 0 Å². The van der Waals surface area contributed by atoms with Crippen molar-refractivity contribution in [2.24, 2.45) is 4.99 Å². The maximum absolute atomic E-state index is 4.23. The van der Waals surface area contributed by atoms with Gasteiger partial charge >= 0.3 is 0 Å². The quantitative estimate of drug-likeness (QED) is 0.608. The molecule has 2 heterocycles. The van der Waals surface area contributed by atoms with Crippen LogP contribution in [0.5, 0.6) is 0 Å². The Morgan fingerprint density at radius 3 is 2.86 bits per heavy atom. The Hall–Kier alpha value is -2.15. The fraction of sp³-hybridized carbons (Fsp3) is 0.533. The van der Waals surface area contributed by atoms with Crippen LogP contribution in [0.4, 0.5) is 0 Å². The summed E-state index contributed by atoms with van der Waals surface area (Å²) in [5.74, 6) is 1.63. The molecule has 2 aromatic heterocycles. The third-order valence-electron chi connectivity index (χ3n) is 3.66. The second-order valence-electron chi connectivity index (χ2n) is 5.47. The highest BCUT2D eigenvalue weighted by atomic mass is 15.3. The van der Waals surface area contributed by atoms with E-state index in [0.717, 1.165) is 30.5 Å². The molecule has 0 amide bonds. The molecule has 22 heavy (non-hydrogen) atoms. The topological polar surface area (TPSA) is 69.8 Å². The van der Waals surface area contributed by atoms with Crippen LogP contribution in [0.25, 0.3) is 5.65 Å². The van der Waals surface area contributed by atoms with E-state index in [2.05, 4.69) is 51.6 Å². The molecule has 2 rings (SSSR count). The molecule has 0 atom stereocenters. The summed E-state index contributed by atoms with van der Waals surface area (Å²) in [5, 5.41) is 14.9. The second-order valence-corrected chi connectivity index (χ2v) is 5.47. The number of rotatable bonds is 6. The second kappa shape index (κ2) is 7.74. The summed E-state index contributed by atoms with van der Waals surface area (Å²) in [7, 11) is 3.88. The molecule has 0 bridgehead atoms. The van der Waals surface area contributed by atoms with E-state index in [9.17, 15) is 0 Å². The summed E-state index contributed by atoms with van der Waals surface area (Å²) < 4.78 is 1.97. The molecule has 2 N–H and O–H groups in total. The molecular formula is C15H25N7. The fourth-order valence-electron chi connectivity index (χ4n) is 2.00. The molecule has 2 aromatic rings. The molecule has 0 aromatic carbocycles. The molecule has 7 nitrogen and oxygen atoms in total. The molecule has 7 heteroatoms.